The molecule has 0 radical (unpaired) electrons. The van der Waals surface area contributed by atoms with Gasteiger partial charge in [0, 0.05) is 0 Å². The zero-order chi connectivity index (χ0) is 13.7. The number of hydrogen-bond acceptors (Lipinski definition) is 5. The summed E-state index contributed by atoms with van der Waals surface area (Å²) in [4.78, 5) is 26.0. The topological polar surface area (TPSA) is 79.3 Å². The molecule has 0 saturated heterocycles. The maximum absolute atomic E-state index is 11.7. The average Bonchev–Trinajstić information content (AvgIpc) is 2.90. The summed E-state index contributed by atoms with van der Waals surface area (Å²) in [6, 6.07) is 6.75. The molecular weight excluding hydrogens is 284 g/mol. The third-order valence-corrected chi connectivity index (χ3v) is 4.24. The number of aromatic nitrogens is 1. The predicted octanol–water partition coefficient (Wildman–Crippen LogP) is 2.57. The Kier molecular flexibility index (Phi) is 4.53. The van der Waals surface area contributed by atoms with Gasteiger partial charge in [-0.25, -0.2) is 9.78 Å². The summed E-state index contributed by atoms with van der Waals surface area (Å²) >= 11 is 3.04. The Morgan fingerprint density at radius 3 is 2.79 bits per heavy atom. The lowest BCUT2D eigenvalue weighted by Gasteiger charge is -2.04. The molecule has 0 spiro atoms. The standard InChI is InChI=1S/C12H10N2O3S2/c15-10(7-19-11-2-1-5-18-11)14-8-3-4-9(12(16)17)13-6-8/h1-6H,7H2,(H,14,15)(H,16,17). The SMILES string of the molecule is O=C(CSc1cccs1)Nc1ccc(C(=O)O)nc1. The number of carbonyl (C=O) groups is 2. The summed E-state index contributed by atoms with van der Waals surface area (Å²) in [5.74, 6) is -0.935. The largest absolute Gasteiger partial charge is 0.477 e. The van der Waals surface area contributed by atoms with Crippen molar-refractivity contribution in [1.82, 2.24) is 4.98 Å². The van der Waals surface area contributed by atoms with Gasteiger partial charge in [0.25, 0.3) is 0 Å². The summed E-state index contributed by atoms with van der Waals surface area (Å²) in [5, 5.41) is 13.3. The van der Waals surface area contributed by atoms with Gasteiger partial charge in [-0.1, -0.05) is 6.07 Å². The summed E-state index contributed by atoms with van der Waals surface area (Å²) in [6.45, 7) is 0. The maximum Gasteiger partial charge on any atom is 0.354 e. The van der Waals surface area contributed by atoms with Gasteiger partial charge in [0.05, 0.1) is 21.8 Å². The van der Waals surface area contributed by atoms with Crippen molar-refractivity contribution in [2.24, 2.45) is 0 Å². The number of nitrogens with zero attached hydrogens (tertiary/aromatic N) is 1. The van der Waals surface area contributed by atoms with Crippen LogP contribution in [0.3, 0.4) is 0 Å². The van der Waals surface area contributed by atoms with Gasteiger partial charge in [0.1, 0.15) is 5.69 Å². The number of thioether (sulfide) groups is 1. The molecule has 1 amide bonds. The zero-order valence-corrected chi connectivity index (χ0v) is 11.3. The van der Waals surface area contributed by atoms with E-state index in [0.717, 1.165) is 4.21 Å². The van der Waals surface area contributed by atoms with E-state index in [9.17, 15) is 9.59 Å². The smallest absolute Gasteiger partial charge is 0.354 e. The van der Waals surface area contributed by atoms with Crippen LogP contribution >= 0.6 is 23.1 Å². The fraction of sp³-hybridized carbons (Fsp3) is 0.0833. The molecular formula is C12H10N2O3S2. The minimum absolute atomic E-state index is 0.0500. The highest BCUT2D eigenvalue weighted by molar-refractivity contribution is 8.01. The molecule has 5 nitrogen and oxygen atoms in total. The number of nitrogens with one attached hydrogen (secondary N) is 1. The molecule has 0 aliphatic rings. The number of pyridine rings is 1. The number of thiophene rings is 1. The second-order valence-electron chi connectivity index (χ2n) is 3.51. The molecule has 0 saturated carbocycles. The first-order valence-electron chi connectivity index (χ1n) is 5.30. The quantitative estimate of drug-likeness (QED) is 0.829. The van der Waals surface area contributed by atoms with Crippen molar-refractivity contribution in [2.45, 2.75) is 4.21 Å². The number of carbonyl (C=O) groups excluding carboxylic acids is 1. The summed E-state index contributed by atoms with van der Waals surface area (Å²) < 4.78 is 1.08. The van der Waals surface area contributed by atoms with Crippen LogP contribution in [0, 0.1) is 0 Å². The van der Waals surface area contributed by atoms with Gasteiger partial charge in [-0.2, -0.15) is 0 Å². The second-order valence-corrected chi connectivity index (χ2v) is 5.73. The Bertz CT molecular complexity index is 567. The molecule has 0 bridgehead atoms. The van der Waals surface area contributed by atoms with Gasteiger partial charge >= 0.3 is 5.97 Å². The number of aromatic carboxylic acids is 1. The molecule has 0 atom stereocenters. The Balaban J connectivity index is 1.86. The van der Waals surface area contributed by atoms with E-state index in [4.69, 9.17) is 5.11 Å². The van der Waals surface area contributed by atoms with Gasteiger partial charge in [0.15, 0.2) is 0 Å². The Morgan fingerprint density at radius 2 is 2.21 bits per heavy atom. The Labute approximate surface area is 117 Å². The highest BCUT2D eigenvalue weighted by Gasteiger charge is 2.07. The molecule has 2 aromatic rings. The van der Waals surface area contributed by atoms with Crippen LogP contribution in [0.25, 0.3) is 0 Å². The molecule has 0 unspecified atom stereocenters. The van der Waals surface area contributed by atoms with Gasteiger partial charge in [-0.3, -0.25) is 4.79 Å². The number of rotatable bonds is 5. The van der Waals surface area contributed by atoms with Gasteiger partial charge in [0.2, 0.25) is 5.91 Å². The van der Waals surface area contributed by atoms with Gasteiger partial charge < -0.3 is 10.4 Å². The molecule has 2 aromatic heterocycles. The third kappa shape index (κ3) is 4.08. The normalized spacial score (nSPS) is 10.1. The van der Waals surface area contributed by atoms with Crippen molar-refractivity contribution in [2.75, 3.05) is 11.1 Å². The lowest BCUT2D eigenvalue weighted by Crippen LogP contribution is -2.14. The van der Waals surface area contributed by atoms with E-state index in [1.54, 1.807) is 11.3 Å². The lowest BCUT2D eigenvalue weighted by molar-refractivity contribution is -0.113. The van der Waals surface area contributed by atoms with Crippen LogP contribution in [0.5, 0.6) is 0 Å². The van der Waals surface area contributed by atoms with E-state index in [1.807, 2.05) is 17.5 Å². The van der Waals surface area contributed by atoms with Gasteiger partial charge in [-0.05, 0) is 23.6 Å². The van der Waals surface area contributed by atoms with Crippen LogP contribution in [0.2, 0.25) is 0 Å². The van der Waals surface area contributed by atoms with E-state index in [2.05, 4.69) is 10.3 Å². The molecule has 19 heavy (non-hydrogen) atoms. The van der Waals surface area contributed by atoms with Crippen molar-refractivity contribution < 1.29 is 14.7 Å². The number of hydrogen-bond donors (Lipinski definition) is 2. The summed E-state index contributed by atoms with van der Waals surface area (Å²) in [7, 11) is 0. The summed E-state index contributed by atoms with van der Waals surface area (Å²) in [6.07, 6.45) is 1.33. The van der Waals surface area contributed by atoms with E-state index in [0.29, 0.717) is 11.4 Å². The predicted molar refractivity (Wildman–Crippen MR) is 74.9 cm³/mol. The van der Waals surface area contributed by atoms with Crippen LogP contribution in [0.4, 0.5) is 5.69 Å². The third-order valence-electron chi connectivity index (χ3n) is 2.11. The molecule has 2 heterocycles. The average molecular weight is 294 g/mol. The molecule has 0 aliphatic carbocycles. The number of carboxylic acids is 1. The minimum Gasteiger partial charge on any atom is -0.477 e. The van der Waals surface area contributed by atoms with Crippen molar-refractivity contribution in [1.29, 1.82) is 0 Å². The molecule has 0 aliphatic heterocycles. The van der Waals surface area contributed by atoms with E-state index in [-0.39, 0.29) is 11.6 Å². The summed E-state index contributed by atoms with van der Waals surface area (Å²) in [5.41, 5.74) is 0.438. The molecule has 0 fully saturated rings. The number of amides is 1. The monoisotopic (exact) mass is 294 g/mol. The number of anilines is 1. The maximum atomic E-state index is 11.7. The van der Waals surface area contributed by atoms with Crippen LogP contribution in [0.1, 0.15) is 10.5 Å². The van der Waals surface area contributed by atoms with Crippen LogP contribution in [-0.2, 0) is 4.79 Å². The van der Waals surface area contributed by atoms with E-state index < -0.39 is 5.97 Å². The van der Waals surface area contributed by atoms with Crippen molar-refractivity contribution in [3.63, 3.8) is 0 Å². The Hall–Kier alpha value is -1.86. The van der Waals surface area contributed by atoms with Crippen molar-refractivity contribution >= 4 is 40.7 Å². The van der Waals surface area contributed by atoms with Crippen molar-refractivity contribution in [3.8, 4) is 0 Å². The highest BCUT2D eigenvalue weighted by Crippen LogP contribution is 2.23. The molecule has 0 aromatic carbocycles. The Morgan fingerprint density at radius 1 is 1.37 bits per heavy atom. The molecule has 98 valence electrons. The lowest BCUT2D eigenvalue weighted by atomic mass is 10.3. The van der Waals surface area contributed by atoms with E-state index >= 15 is 0 Å². The number of carboxylic acid groups (broad SMARTS) is 1. The fourth-order valence-electron chi connectivity index (χ4n) is 1.27. The first-order valence-corrected chi connectivity index (χ1v) is 7.17. The van der Waals surface area contributed by atoms with Crippen LogP contribution in [-0.4, -0.2) is 27.7 Å². The van der Waals surface area contributed by atoms with Gasteiger partial charge in [-0.15, -0.1) is 23.1 Å². The first-order chi connectivity index (χ1) is 9.15. The van der Waals surface area contributed by atoms with Crippen LogP contribution < -0.4 is 5.32 Å². The van der Waals surface area contributed by atoms with E-state index in [1.165, 1.54) is 30.1 Å². The fourth-order valence-corrected chi connectivity index (χ4v) is 2.86. The second kappa shape index (κ2) is 6.35. The molecule has 7 heteroatoms. The minimum atomic E-state index is -1.09. The molecule has 2 N–H and O–H groups in total. The zero-order valence-electron chi connectivity index (χ0n) is 9.70. The molecule has 2 rings (SSSR count). The van der Waals surface area contributed by atoms with Crippen molar-refractivity contribution in [3.05, 3.63) is 41.5 Å². The first kappa shape index (κ1) is 13.6. The highest BCUT2D eigenvalue weighted by atomic mass is 32.2. The van der Waals surface area contributed by atoms with Crippen LogP contribution in [0.15, 0.2) is 40.1 Å².